The number of hydrogen-bond acceptors (Lipinski definition) is 2. The first kappa shape index (κ1) is 11.8. The van der Waals surface area contributed by atoms with Crippen molar-refractivity contribution < 1.29 is 9.90 Å². The van der Waals surface area contributed by atoms with E-state index in [-0.39, 0.29) is 0 Å². The normalized spacial score (nSPS) is 18.2. The van der Waals surface area contributed by atoms with Crippen molar-refractivity contribution in [2.45, 2.75) is 38.3 Å². The Morgan fingerprint density at radius 2 is 2.27 bits per heavy atom. The van der Waals surface area contributed by atoms with E-state index in [0.717, 1.165) is 18.4 Å². The second kappa shape index (κ2) is 4.49. The molecule has 0 spiro atoms. The van der Waals surface area contributed by atoms with Crippen molar-refractivity contribution in [3.05, 3.63) is 23.8 Å². The van der Waals surface area contributed by atoms with Crippen molar-refractivity contribution in [3.8, 4) is 0 Å². The molecule has 0 fully saturated rings. The van der Waals surface area contributed by atoms with Crippen LogP contribution in [0, 0.1) is 0 Å². The number of hydrogen-bond donors (Lipinski definition) is 3. The molecule has 4 N–H and O–H groups in total. The molecule has 1 aliphatic carbocycles. The Labute approximate surface area is 89.8 Å². The molecular weight excluding hydrogens is 192 g/mol. The number of nitrogens with one attached hydrogen (secondary N) is 1. The molecule has 0 aromatic heterocycles. The third-order valence-corrected chi connectivity index (χ3v) is 2.35. The molecule has 0 aliphatic heterocycles. The maximum Gasteiger partial charge on any atom is 0.312 e. The van der Waals surface area contributed by atoms with Gasteiger partial charge in [-0.05, 0) is 32.3 Å². The van der Waals surface area contributed by atoms with Gasteiger partial charge in [-0.1, -0.05) is 18.2 Å². The molecule has 4 nitrogen and oxygen atoms in total. The third-order valence-electron chi connectivity index (χ3n) is 2.35. The zero-order chi connectivity index (χ0) is 11.5. The van der Waals surface area contributed by atoms with Gasteiger partial charge in [-0.15, -0.1) is 0 Å². The van der Waals surface area contributed by atoms with E-state index in [9.17, 15) is 9.90 Å². The third kappa shape index (κ3) is 3.40. The molecular formula is C11H18N2O2. The summed E-state index contributed by atoms with van der Waals surface area (Å²) in [7, 11) is 0. The highest BCUT2D eigenvalue weighted by Gasteiger charge is 2.30. The van der Waals surface area contributed by atoms with Crippen LogP contribution in [-0.4, -0.2) is 22.8 Å². The summed E-state index contributed by atoms with van der Waals surface area (Å²) in [6.07, 6.45) is 7.88. The van der Waals surface area contributed by atoms with E-state index in [0.29, 0.717) is 0 Å². The lowest BCUT2D eigenvalue weighted by atomic mass is 9.89. The van der Waals surface area contributed by atoms with E-state index in [1.54, 1.807) is 13.8 Å². The van der Waals surface area contributed by atoms with Gasteiger partial charge in [0.2, 0.25) is 0 Å². The van der Waals surface area contributed by atoms with Crippen molar-refractivity contribution in [3.63, 3.8) is 0 Å². The summed E-state index contributed by atoms with van der Waals surface area (Å²) < 4.78 is 0. The molecule has 0 aromatic rings. The topological polar surface area (TPSA) is 75.3 Å². The van der Waals surface area contributed by atoms with Crippen LogP contribution in [0.2, 0.25) is 0 Å². The number of carbonyl (C=O) groups excluding carboxylic acids is 1. The first-order valence-electron chi connectivity index (χ1n) is 5.06. The average molecular weight is 210 g/mol. The highest BCUT2D eigenvalue weighted by molar-refractivity contribution is 5.73. The zero-order valence-corrected chi connectivity index (χ0v) is 9.16. The molecule has 0 saturated heterocycles. The number of aliphatic hydroxyl groups is 1. The highest BCUT2D eigenvalue weighted by atomic mass is 16.3. The van der Waals surface area contributed by atoms with Crippen molar-refractivity contribution in [2.24, 2.45) is 5.73 Å². The first-order valence-corrected chi connectivity index (χ1v) is 5.06. The molecule has 0 saturated carbocycles. The van der Waals surface area contributed by atoms with Gasteiger partial charge < -0.3 is 16.2 Å². The predicted molar refractivity (Wildman–Crippen MR) is 59.3 cm³/mol. The molecule has 0 heterocycles. The minimum Gasteiger partial charge on any atom is -0.388 e. The maximum absolute atomic E-state index is 10.8. The lowest BCUT2D eigenvalue weighted by Crippen LogP contribution is -2.51. The van der Waals surface area contributed by atoms with Crippen molar-refractivity contribution in [2.75, 3.05) is 0 Å². The number of urea groups is 1. The van der Waals surface area contributed by atoms with Gasteiger partial charge in [-0.2, -0.15) is 0 Å². The van der Waals surface area contributed by atoms with E-state index in [4.69, 9.17) is 5.73 Å². The van der Waals surface area contributed by atoms with Crippen LogP contribution in [0.15, 0.2) is 23.8 Å². The lowest BCUT2D eigenvalue weighted by Gasteiger charge is -2.31. The summed E-state index contributed by atoms with van der Waals surface area (Å²) in [6.45, 7) is 3.30. The standard InChI is InChI=1S/C11H18N2O2/c1-11(2,15)9(13-10(12)14)8-6-4-3-5-7-8/h4,6-7,9,15H,3,5H2,1-2H3,(H3,12,13,14). The van der Waals surface area contributed by atoms with Crippen molar-refractivity contribution in [1.82, 2.24) is 5.32 Å². The second-order valence-corrected chi connectivity index (χ2v) is 4.28. The smallest absolute Gasteiger partial charge is 0.312 e. The van der Waals surface area contributed by atoms with Gasteiger partial charge in [0, 0.05) is 0 Å². The fraction of sp³-hybridized carbons (Fsp3) is 0.545. The molecule has 1 rings (SSSR count). The maximum atomic E-state index is 10.8. The quantitative estimate of drug-likeness (QED) is 0.651. The largest absolute Gasteiger partial charge is 0.388 e. The first-order chi connectivity index (χ1) is 6.91. The number of carbonyl (C=O) groups is 1. The van der Waals surface area contributed by atoms with Gasteiger partial charge in [-0.3, -0.25) is 0 Å². The van der Waals surface area contributed by atoms with E-state index >= 15 is 0 Å². The van der Waals surface area contributed by atoms with Crippen LogP contribution in [0.4, 0.5) is 4.79 Å². The number of allylic oxidation sites excluding steroid dienone is 2. The Bertz CT molecular complexity index is 300. The van der Waals surface area contributed by atoms with Gasteiger partial charge in [0.1, 0.15) is 0 Å². The van der Waals surface area contributed by atoms with E-state index in [1.165, 1.54) is 0 Å². The van der Waals surface area contributed by atoms with Gasteiger partial charge in [-0.25, -0.2) is 4.79 Å². The lowest BCUT2D eigenvalue weighted by molar-refractivity contribution is 0.0550. The zero-order valence-electron chi connectivity index (χ0n) is 9.16. The number of amides is 2. The van der Waals surface area contributed by atoms with E-state index < -0.39 is 17.7 Å². The molecule has 1 aliphatic rings. The minimum atomic E-state index is -1.03. The van der Waals surface area contributed by atoms with Crippen molar-refractivity contribution >= 4 is 6.03 Å². The Balaban J connectivity index is 2.85. The second-order valence-electron chi connectivity index (χ2n) is 4.28. The monoisotopic (exact) mass is 210 g/mol. The molecule has 15 heavy (non-hydrogen) atoms. The minimum absolute atomic E-state index is 0.452. The molecule has 84 valence electrons. The summed E-state index contributed by atoms with van der Waals surface area (Å²) in [5.74, 6) is 0. The molecule has 0 aromatic carbocycles. The highest BCUT2D eigenvalue weighted by Crippen LogP contribution is 2.21. The number of nitrogens with two attached hydrogens (primary N) is 1. The molecule has 1 atom stereocenters. The summed E-state index contributed by atoms with van der Waals surface area (Å²) in [5, 5.41) is 12.5. The summed E-state index contributed by atoms with van der Waals surface area (Å²) in [4.78, 5) is 10.8. The van der Waals surface area contributed by atoms with Crippen LogP contribution in [0.25, 0.3) is 0 Å². The number of rotatable bonds is 3. The van der Waals surface area contributed by atoms with E-state index in [1.807, 2.05) is 18.2 Å². The molecule has 0 radical (unpaired) electrons. The SMILES string of the molecule is CC(C)(O)C(NC(N)=O)C1=CCCC=C1. The van der Waals surface area contributed by atoms with Crippen LogP contribution in [0.5, 0.6) is 0 Å². The predicted octanol–water partition coefficient (Wildman–Crippen LogP) is 1.07. The van der Waals surface area contributed by atoms with E-state index in [2.05, 4.69) is 5.32 Å². The Morgan fingerprint density at radius 3 is 2.67 bits per heavy atom. The summed E-state index contributed by atoms with van der Waals surface area (Å²) in [5.41, 5.74) is 4.97. The van der Waals surface area contributed by atoms with Crippen LogP contribution in [0.3, 0.4) is 0 Å². The molecule has 4 heteroatoms. The molecule has 1 unspecified atom stereocenters. The summed E-state index contributed by atoms with van der Waals surface area (Å²) >= 11 is 0. The fourth-order valence-electron chi connectivity index (χ4n) is 1.66. The van der Waals surface area contributed by atoms with Gasteiger partial charge >= 0.3 is 6.03 Å². The van der Waals surface area contributed by atoms with Crippen LogP contribution >= 0.6 is 0 Å². The van der Waals surface area contributed by atoms with Gasteiger partial charge in [0.25, 0.3) is 0 Å². The van der Waals surface area contributed by atoms with Crippen LogP contribution < -0.4 is 11.1 Å². The van der Waals surface area contributed by atoms with Crippen LogP contribution in [-0.2, 0) is 0 Å². The van der Waals surface area contributed by atoms with Crippen molar-refractivity contribution in [1.29, 1.82) is 0 Å². The average Bonchev–Trinajstić information content (AvgIpc) is 2.14. The van der Waals surface area contributed by atoms with Gasteiger partial charge in [0.05, 0.1) is 11.6 Å². The molecule has 0 bridgehead atoms. The van der Waals surface area contributed by atoms with Crippen LogP contribution in [0.1, 0.15) is 26.7 Å². The fourth-order valence-corrected chi connectivity index (χ4v) is 1.66. The summed E-state index contributed by atoms with van der Waals surface area (Å²) in [6, 6.07) is -1.08. The Hall–Kier alpha value is -1.29. The van der Waals surface area contributed by atoms with Gasteiger partial charge in [0.15, 0.2) is 0 Å². The Kier molecular flexibility index (Phi) is 3.52. The number of primary amides is 1. The molecule has 2 amide bonds. The Morgan fingerprint density at radius 1 is 1.60 bits per heavy atom.